The van der Waals surface area contributed by atoms with Crippen LogP contribution in [0.1, 0.15) is 25.0 Å². The molecule has 1 aliphatic carbocycles. The zero-order valence-corrected chi connectivity index (χ0v) is 69.6. The summed E-state index contributed by atoms with van der Waals surface area (Å²) in [5, 5.41) is 36.1. The predicted molar refractivity (Wildman–Crippen MR) is 541 cm³/mol. The molecule has 0 aliphatic heterocycles. The van der Waals surface area contributed by atoms with Gasteiger partial charge in [-0.15, -0.1) is 0 Å². The molecule has 0 amide bonds. The van der Waals surface area contributed by atoms with Gasteiger partial charge in [0, 0.05) is 55.1 Å². The van der Waals surface area contributed by atoms with E-state index in [4.69, 9.17) is 0 Å². The number of hydrogen-bond donors (Lipinski definition) is 0. The lowest BCUT2D eigenvalue weighted by Crippen LogP contribution is -2.16. The average molecular weight is 1600 g/mol. The molecule has 1 aliphatic rings. The highest BCUT2D eigenvalue weighted by atomic mass is 15.1. The highest BCUT2D eigenvalue weighted by Crippen LogP contribution is 2.53. The van der Waals surface area contributed by atoms with E-state index >= 15 is 0 Å². The minimum atomic E-state index is -0.0764. The number of hydrogen-bond acceptors (Lipinski definition) is 1. The smallest absolute Gasteiger partial charge is 0.0546 e. The molecule has 2 heterocycles. The lowest BCUT2D eigenvalue weighted by Gasteiger charge is -2.29. The molecule has 3 nitrogen and oxygen atoms in total. The molecular formula is C123H81N3. The summed E-state index contributed by atoms with van der Waals surface area (Å²) in [7, 11) is 0. The van der Waals surface area contributed by atoms with Gasteiger partial charge in [-0.25, -0.2) is 0 Å². The Kier molecular flexibility index (Phi) is 16.7. The van der Waals surface area contributed by atoms with E-state index < -0.39 is 0 Å². The van der Waals surface area contributed by atoms with Gasteiger partial charge < -0.3 is 14.0 Å². The van der Waals surface area contributed by atoms with Crippen molar-refractivity contribution >= 4 is 190 Å². The molecule has 2 aromatic heterocycles. The van der Waals surface area contributed by atoms with Crippen LogP contribution in [0.2, 0.25) is 0 Å². The molecule has 0 saturated heterocycles. The highest BCUT2D eigenvalue weighted by Gasteiger charge is 2.36. The second kappa shape index (κ2) is 29.0. The van der Waals surface area contributed by atoms with E-state index in [1.807, 2.05) is 0 Å². The Morgan fingerprint density at radius 2 is 0.540 bits per heavy atom. The van der Waals surface area contributed by atoms with Crippen LogP contribution in [0.3, 0.4) is 0 Å². The predicted octanol–water partition coefficient (Wildman–Crippen LogP) is 34.2. The fourth-order valence-corrected chi connectivity index (χ4v) is 21.4. The van der Waals surface area contributed by atoms with E-state index in [0.717, 1.165) is 5.69 Å². The second-order valence-corrected chi connectivity index (χ2v) is 34.5. The quantitative estimate of drug-likeness (QED) is 0.145. The molecule has 26 aromatic rings. The summed E-state index contributed by atoms with van der Waals surface area (Å²) < 4.78 is 4.74. The Hall–Kier alpha value is -16.2. The van der Waals surface area contributed by atoms with Gasteiger partial charge in [0.1, 0.15) is 0 Å². The van der Waals surface area contributed by atoms with Crippen LogP contribution in [0.5, 0.6) is 0 Å². The summed E-state index contributed by atoms with van der Waals surface area (Å²) >= 11 is 0. The summed E-state index contributed by atoms with van der Waals surface area (Å²) in [4.78, 5) is 2.46. The van der Waals surface area contributed by atoms with E-state index in [-0.39, 0.29) is 5.41 Å². The van der Waals surface area contributed by atoms with Crippen molar-refractivity contribution in [3.05, 3.63) is 466 Å². The summed E-state index contributed by atoms with van der Waals surface area (Å²) in [5.74, 6) is 0. The molecule has 0 radical (unpaired) electrons. The van der Waals surface area contributed by atoms with Crippen molar-refractivity contribution in [1.29, 1.82) is 0 Å². The van der Waals surface area contributed by atoms with E-state index in [2.05, 4.69) is 483 Å². The molecule has 27 rings (SSSR count). The Bertz CT molecular complexity index is 9000. The van der Waals surface area contributed by atoms with Gasteiger partial charge in [-0.2, -0.15) is 0 Å². The minimum Gasteiger partial charge on any atom is -0.310 e. The van der Waals surface area contributed by atoms with Crippen molar-refractivity contribution in [2.75, 3.05) is 4.90 Å². The van der Waals surface area contributed by atoms with E-state index in [0.29, 0.717) is 0 Å². The normalized spacial score (nSPS) is 12.4. The first-order chi connectivity index (χ1) is 62.3. The largest absolute Gasteiger partial charge is 0.310 e. The standard InChI is InChI=1S/C43H31N.2C40H25N/c1-43(2)38-17-9-8-16-35(38)36-26-23-32(27-39(36)43)44(31-13-4-3-5-14-31)40-18-10-12-29-19-20-30-22-24-34-33-15-7-6-11-28(33)21-25-37(34)41(30)42(29)40;1-2-9-31(10-3-1)41-38-13-7-6-12-34(38)37-25-30(20-23-39(37)41)29-17-15-27-14-16-28-19-21-33-32-11-5-4-8-26(32)18-22-35(33)40(28)36(27)24-29;1-2-9-31(10-3-1)41-38-13-7-6-12-35(38)37-25-29(19-23-39(37)41)28-17-20-32-30(24-28)18-22-36-34(32)21-16-27-15-14-26-8-4-5-11-33(26)40(27)36/h3-27H,1-2H3;2*1-25H. The highest BCUT2D eigenvalue weighted by molar-refractivity contribution is 6.30. The first kappa shape index (κ1) is 72.6. The second-order valence-electron chi connectivity index (χ2n) is 34.5. The van der Waals surface area contributed by atoms with Gasteiger partial charge in [-0.1, -0.05) is 366 Å². The van der Waals surface area contributed by atoms with Gasteiger partial charge in [-0.05, 0) is 272 Å². The summed E-state index contributed by atoms with van der Waals surface area (Å²) in [6.45, 7) is 4.71. The molecule has 0 fully saturated rings. The third-order valence-electron chi connectivity index (χ3n) is 27.3. The van der Waals surface area contributed by atoms with Gasteiger partial charge in [-0.3, -0.25) is 0 Å². The van der Waals surface area contributed by atoms with Gasteiger partial charge in [0.05, 0.1) is 27.8 Å². The molecular weight excluding hydrogens is 1520 g/mol. The van der Waals surface area contributed by atoms with Crippen LogP contribution in [-0.4, -0.2) is 9.13 Å². The molecule has 126 heavy (non-hydrogen) atoms. The maximum Gasteiger partial charge on any atom is 0.0546 e. The number of benzene rings is 24. The Labute approximate surface area is 729 Å². The maximum atomic E-state index is 2.46. The number of nitrogens with zero attached hydrogens (tertiary/aromatic N) is 3. The van der Waals surface area contributed by atoms with Crippen molar-refractivity contribution in [2.24, 2.45) is 0 Å². The topological polar surface area (TPSA) is 13.1 Å². The van der Waals surface area contributed by atoms with Gasteiger partial charge in [0.2, 0.25) is 0 Å². The van der Waals surface area contributed by atoms with Crippen molar-refractivity contribution in [3.8, 4) is 44.8 Å². The maximum absolute atomic E-state index is 2.46. The first-order valence-electron chi connectivity index (χ1n) is 43.8. The van der Waals surface area contributed by atoms with Gasteiger partial charge >= 0.3 is 0 Å². The van der Waals surface area contributed by atoms with E-state index in [1.165, 1.54) is 240 Å². The molecule has 0 spiro atoms. The molecule has 3 heteroatoms. The Balaban J connectivity index is 0.000000103. The van der Waals surface area contributed by atoms with Crippen LogP contribution in [0.25, 0.3) is 218 Å². The Morgan fingerprint density at radius 1 is 0.183 bits per heavy atom. The van der Waals surface area contributed by atoms with Crippen molar-refractivity contribution in [2.45, 2.75) is 19.3 Å². The van der Waals surface area contributed by atoms with Gasteiger partial charge in [0.15, 0.2) is 0 Å². The lowest BCUT2D eigenvalue weighted by molar-refractivity contribution is 0.660. The van der Waals surface area contributed by atoms with E-state index in [9.17, 15) is 0 Å². The fourth-order valence-electron chi connectivity index (χ4n) is 21.4. The average Bonchev–Trinajstić information content (AvgIpc) is 1.11. The van der Waals surface area contributed by atoms with Crippen molar-refractivity contribution < 1.29 is 0 Å². The van der Waals surface area contributed by atoms with Crippen LogP contribution < -0.4 is 4.90 Å². The Morgan fingerprint density at radius 3 is 1.13 bits per heavy atom. The van der Waals surface area contributed by atoms with Crippen molar-refractivity contribution in [3.63, 3.8) is 0 Å². The van der Waals surface area contributed by atoms with Crippen LogP contribution in [0.4, 0.5) is 17.1 Å². The molecule has 0 atom stereocenters. The number of rotatable bonds is 7. The zero-order valence-electron chi connectivity index (χ0n) is 69.6. The molecule has 0 bridgehead atoms. The monoisotopic (exact) mass is 1600 g/mol. The molecule has 24 aromatic carbocycles. The third-order valence-corrected chi connectivity index (χ3v) is 27.3. The molecule has 0 unspecified atom stereocenters. The summed E-state index contributed by atoms with van der Waals surface area (Å²) in [6.07, 6.45) is 0. The minimum absolute atomic E-state index is 0.0764. The SMILES string of the molecule is CC1(C)c2ccccc2-c2ccc(N(c3ccccc3)c3cccc4ccc5ccc6c7ccccc7ccc6c5c34)cc21.c1ccc(-n2c3ccccc3c3cc(-c4ccc5c(ccc6c5ccc5ccc7ccccc7c56)c4)ccc32)cc1.c1ccc(-n2c3ccccc3c3cc(-c4ccc5ccc6ccc7c8ccccc8ccc7c6c5c4)ccc32)cc1. The number of anilines is 3. The number of para-hydroxylation sites is 5. The van der Waals surface area contributed by atoms with Crippen LogP contribution in [-0.2, 0) is 5.41 Å². The van der Waals surface area contributed by atoms with Crippen LogP contribution in [0.15, 0.2) is 455 Å². The third kappa shape index (κ3) is 11.6. The fraction of sp³-hybridized carbons (Fsp3) is 0.0244. The first-order valence-corrected chi connectivity index (χ1v) is 43.8. The lowest BCUT2D eigenvalue weighted by atomic mass is 9.82. The van der Waals surface area contributed by atoms with Crippen molar-refractivity contribution in [1.82, 2.24) is 9.13 Å². The summed E-state index contributed by atoms with van der Waals surface area (Å²) in [6, 6.07) is 167. The van der Waals surface area contributed by atoms with E-state index in [1.54, 1.807) is 0 Å². The molecule has 588 valence electrons. The summed E-state index contributed by atoms with van der Waals surface area (Å²) in [5.41, 5.74) is 21.1. The van der Waals surface area contributed by atoms with Gasteiger partial charge in [0.25, 0.3) is 0 Å². The molecule has 0 N–H and O–H groups in total. The van der Waals surface area contributed by atoms with Crippen LogP contribution >= 0.6 is 0 Å². The molecule has 0 saturated carbocycles. The van der Waals surface area contributed by atoms with Crippen LogP contribution in [0, 0.1) is 0 Å². The zero-order chi connectivity index (χ0) is 83.2. The number of fused-ring (bicyclic) bond motifs is 30. The number of aromatic nitrogens is 2.